The Labute approximate surface area is 102 Å². The number of likely N-dealkylation sites (N-methyl/N-ethyl adjacent to an activating group) is 1. The highest BCUT2D eigenvalue weighted by molar-refractivity contribution is 5.95. The Bertz CT molecular complexity index is 393. The van der Waals surface area contributed by atoms with Crippen molar-refractivity contribution in [2.75, 3.05) is 26.7 Å². The summed E-state index contributed by atoms with van der Waals surface area (Å²) in [4.78, 5) is 13.9. The van der Waals surface area contributed by atoms with Crippen LogP contribution in [0.1, 0.15) is 22.8 Å². The number of halogens is 1. The van der Waals surface area contributed by atoms with Crippen LogP contribution in [-0.2, 0) is 0 Å². The smallest absolute Gasteiger partial charge is 0.251 e. The van der Waals surface area contributed by atoms with Gasteiger partial charge >= 0.3 is 0 Å². The molecule has 0 aromatic heterocycles. The van der Waals surface area contributed by atoms with E-state index >= 15 is 0 Å². The highest BCUT2D eigenvalue weighted by atomic mass is 19.1. The van der Waals surface area contributed by atoms with Crippen LogP contribution in [0.2, 0.25) is 0 Å². The molecule has 0 saturated carbocycles. The van der Waals surface area contributed by atoms with Gasteiger partial charge in [0.15, 0.2) is 0 Å². The molecule has 0 spiro atoms. The van der Waals surface area contributed by atoms with Crippen LogP contribution >= 0.6 is 0 Å². The van der Waals surface area contributed by atoms with Crippen LogP contribution in [-0.4, -0.2) is 37.5 Å². The van der Waals surface area contributed by atoms with Gasteiger partial charge in [-0.2, -0.15) is 0 Å². The van der Waals surface area contributed by atoms with Gasteiger partial charge in [-0.15, -0.1) is 0 Å². The van der Waals surface area contributed by atoms with Crippen molar-refractivity contribution in [3.05, 3.63) is 35.1 Å². The number of nitrogens with zero attached hydrogens (tertiary/aromatic N) is 1. The Morgan fingerprint density at radius 3 is 2.76 bits per heavy atom. The molecule has 0 unspecified atom stereocenters. The normalized spacial score (nSPS) is 10.6. The molecule has 0 bridgehead atoms. The van der Waals surface area contributed by atoms with Crippen LogP contribution in [0.4, 0.5) is 4.39 Å². The third-order valence-electron chi connectivity index (χ3n) is 2.75. The van der Waals surface area contributed by atoms with Crippen LogP contribution < -0.4 is 5.32 Å². The van der Waals surface area contributed by atoms with Gasteiger partial charge in [-0.1, -0.05) is 6.92 Å². The van der Waals surface area contributed by atoms with E-state index in [1.54, 1.807) is 6.92 Å². The van der Waals surface area contributed by atoms with Crippen LogP contribution in [0.3, 0.4) is 0 Å². The fourth-order valence-electron chi connectivity index (χ4n) is 1.50. The van der Waals surface area contributed by atoms with E-state index in [9.17, 15) is 9.18 Å². The minimum absolute atomic E-state index is 0.146. The predicted molar refractivity (Wildman–Crippen MR) is 66.6 cm³/mol. The van der Waals surface area contributed by atoms with Crippen molar-refractivity contribution in [3.63, 3.8) is 0 Å². The van der Waals surface area contributed by atoms with E-state index in [4.69, 9.17) is 0 Å². The molecule has 0 atom stereocenters. The van der Waals surface area contributed by atoms with Gasteiger partial charge in [-0.3, -0.25) is 4.79 Å². The highest BCUT2D eigenvalue weighted by Gasteiger charge is 2.08. The van der Waals surface area contributed by atoms with Crippen molar-refractivity contribution in [1.82, 2.24) is 10.2 Å². The third-order valence-corrected chi connectivity index (χ3v) is 2.75. The number of carbonyl (C=O) groups is 1. The molecule has 0 fully saturated rings. The van der Waals surface area contributed by atoms with Gasteiger partial charge in [0.05, 0.1) is 0 Å². The average molecular weight is 238 g/mol. The molecule has 1 aromatic carbocycles. The van der Waals surface area contributed by atoms with Crippen LogP contribution in [0, 0.1) is 12.7 Å². The summed E-state index contributed by atoms with van der Waals surface area (Å²) < 4.78 is 12.9. The lowest BCUT2D eigenvalue weighted by Gasteiger charge is -2.14. The number of hydrogen-bond acceptors (Lipinski definition) is 2. The number of carbonyl (C=O) groups excluding carboxylic acids is 1. The Morgan fingerprint density at radius 2 is 2.18 bits per heavy atom. The summed E-state index contributed by atoms with van der Waals surface area (Å²) in [5.74, 6) is -0.461. The van der Waals surface area contributed by atoms with Gasteiger partial charge in [-0.05, 0) is 44.3 Å². The SMILES string of the molecule is CCN(C)CCNC(=O)c1ccc(F)cc1C. The molecule has 0 saturated heterocycles. The molecule has 0 radical (unpaired) electrons. The lowest BCUT2D eigenvalue weighted by Crippen LogP contribution is -2.33. The van der Waals surface area contributed by atoms with Gasteiger partial charge < -0.3 is 10.2 Å². The first kappa shape index (κ1) is 13.6. The summed E-state index contributed by atoms with van der Waals surface area (Å²) in [6, 6.07) is 4.19. The molecule has 1 rings (SSSR count). The first-order valence-corrected chi connectivity index (χ1v) is 5.77. The first-order chi connectivity index (χ1) is 8.04. The second kappa shape index (κ2) is 6.35. The monoisotopic (exact) mass is 238 g/mol. The second-order valence-corrected chi connectivity index (χ2v) is 4.11. The molecule has 3 nitrogen and oxygen atoms in total. The lowest BCUT2D eigenvalue weighted by molar-refractivity contribution is 0.0949. The zero-order valence-corrected chi connectivity index (χ0v) is 10.6. The number of nitrogens with one attached hydrogen (secondary N) is 1. The summed E-state index contributed by atoms with van der Waals surface area (Å²) in [5.41, 5.74) is 1.19. The van der Waals surface area contributed by atoms with E-state index in [0.717, 1.165) is 13.1 Å². The maximum atomic E-state index is 12.9. The highest BCUT2D eigenvalue weighted by Crippen LogP contribution is 2.09. The van der Waals surface area contributed by atoms with Gasteiger partial charge in [0.1, 0.15) is 5.82 Å². The molecule has 0 aliphatic heterocycles. The van der Waals surface area contributed by atoms with Gasteiger partial charge in [-0.25, -0.2) is 4.39 Å². The molecule has 1 amide bonds. The maximum absolute atomic E-state index is 12.9. The number of aryl methyl sites for hydroxylation is 1. The topological polar surface area (TPSA) is 32.3 Å². The van der Waals surface area contributed by atoms with Crippen molar-refractivity contribution in [1.29, 1.82) is 0 Å². The minimum Gasteiger partial charge on any atom is -0.351 e. The summed E-state index contributed by atoms with van der Waals surface area (Å²) in [5, 5.41) is 2.82. The zero-order valence-electron chi connectivity index (χ0n) is 10.6. The van der Waals surface area contributed by atoms with Crippen LogP contribution in [0.5, 0.6) is 0 Å². The summed E-state index contributed by atoms with van der Waals surface area (Å²) >= 11 is 0. The van der Waals surface area contributed by atoms with E-state index in [1.165, 1.54) is 18.2 Å². The summed E-state index contributed by atoms with van der Waals surface area (Å²) in [7, 11) is 2.00. The number of rotatable bonds is 5. The van der Waals surface area contributed by atoms with E-state index in [1.807, 2.05) is 7.05 Å². The minimum atomic E-state index is -0.315. The Morgan fingerprint density at radius 1 is 1.47 bits per heavy atom. The Balaban J connectivity index is 2.52. The molecule has 0 aliphatic rings. The van der Waals surface area contributed by atoms with E-state index < -0.39 is 0 Å². The second-order valence-electron chi connectivity index (χ2n) is 4.11. The van der Waals surface area contributed by atoms with Gasteiger partial charge in [0.2, 0.25) is 0 Å². The lowest BCUT2D eigenvalue weighted by atomic mass is 10.1. The van der Waals surface area contributed by atoms with Crippen molar-refractivity contribution < 1.29 is 9.18 Å². The Kier molecular flexibility index (Phi) is 5.10. The molecule has 4 heteroatoms. The van der Waals surface area contributed by atoms with Gasteiger partial charge in [0, 0.05) is 18.7 Å². The molecular formula is C13H19FN2O. The average Bonchev–Trinajstić information content (AvgIpc) is 2.28. The maximum Gasteiger partial charge on any atom is 0.251 e. The summed E-state index contributed by atoms with van der Waals surface area (Å²) in [6.07, 6.45) is 0. The standard InChI is InChI=1S/C13H19FN2O/c1-4-16(3)8-7-15-13(17)12-6-5-11(14)9-10(12)2/h5-6,9H,4,7-8H2,1-3H3,(H,15,17). The fourth-order valence-corrected chi connectivity index (χ4v) is 1.50. The number of hydrogen-bond donors (Lipinski definition) is 1. The fraction of sp³-hybridized carbons (Fsp3) is 0.462. The first-order valence-electron chi connectivity index (χ1n) is 5.77. The van der Waals surface area contributed by atoms with Gasteiger partial charge in [0.25, 0.3) is 5.91 Å². The third kappa shape index (κ3) is 4.15. The largest absolute Gasteiger partial charge is 0.351 e. The van der Waals surface area contributed by atoms with Crippen molar-refractivity contribution in [2.24, 2.45) is 0 Å². The molecule has 1 N–H and O–H groups in total. The molecular weight excluding hydrogens is 219 g/mol. The van der Waals surface area contributed by atoms with E-state index in [2.05, 4.69) is 17.1 Å². The van der Waals surface area contributed by atoms with Crippen molar-refractivity contribution in [2.45, 2.75) is 13.8 Å². The molecule has 17 heavy (non-hydrogen) atoms. The number of amides is 1. The molecule has 0 heterocycles. The molecule has 0 aliphatic carbocycles. The van der Waals surface area contributed by atoms with E-state index in [-0.39, 0.29) is 11.7 Å². The number of benzene rings is 1. The van der Waals surface area contributed by atoms with Crippen molar-refractivity contribution >= 4 is 5.91 Å². The van der Waals surface area contributed by atoms with Crippen LogP contribution in [0.15, 0.2) is 18.2 Å². The Hall–Kier alpha value is -1.42. The van der Waals surface area contributed by atoms with Crippen molar-refractivity contribution in [3.8, 4) is 0 Å². The quantitative estimate of drug-likeness (QED) is 0.848. The van der Waals surface area contributed by atoms with E-state index in [0.29, 0.717) is 17.7 Å². The zero-order chi connectivity index (χ0) is 12.8. The predicted octanol–water partition coefficient (Wildman–Crippen LogP) is 1.82. The molecule has 1 aromatic rings. The molecule has 94 valence electrons. The van der Waals surface area contributed by atoms with Crippen LogP contribution in [0.25, 0.3) is 0 Å². The summed E-state index contributed by atoms with van der Waals surface area (Å²) in [6.45, 7) is 6.15.